The van der Waals surface area contributed by atoms with Crippen LogP contribution in [0.25, 0.3) is 0 Å². The Bertz CT molecular complexity index is 444. The van der Waals surface area contributed by atoms with E-state index in [0.29, 0.717) is 12.9 Å². The maximum absolute atomic E-state index is 12.1. The van der Waals surface area contributed by atoms with Crippen molar-refractivity contribution in [2.75, 3.05) is 11.9 Å². The molecule has 0 aromatic heterocycles. The lowest BCUT2D eigenvalue weighted by Crippen LogP contribution is -2.40. The molecule has 1 amide bonds. The summed E-state index contributed by atoms with van der Waals surface area (Å²) in [5.41, 5.74) is 0.431. The summed E-state index contributed by atoms with van der Waals surface area (Å²) in [6.07, 6.45) is 0.436. The Morgan fingerprint density at radius 1 is 1.44 bits per heavy atom. The van der Waals surface area contributed by atoms with E-state index in [1.807, 2.05) is 31.2 Å². The number of hydrogen-bond donors (Lipinski definition) is 0. The fourth-order valence-electron chi connectivity index (χ4n) is 2.22. The molecule has 0 radical (unpaired) electrons. The van der Waals surface area contributed by atoms with E-state index in [2.05, 4.69) is 0 Å². The van der Waals surface area contributed by atoms with Gasteiger partial charge in [0.1, 0.15) is 0 Å². The van der Waals surface area contributed by atoms with Crippen LogP contribution in [0.2, 0.25) is 0 Å². The lowest BCUT2D eigenvalue weighted by atomic mass is 9.92. The maximum atomic E-state index is 12.1. The molecule has 2 rings (SSSR count). The Morgan fingerprint density at radius 3 is 2.75 bits per heavy atom. The monoisotopic (exact) mass is 219 g/mol. The molecule has 1 aliphatic rings. The molecule has 84 valence electrons. The van der Waals surface area contributed by atoms with Crippen molar-refractivity contribution in [1.82, 2.24) is 0 Å². The highest BCUT2D eigenvalue weighted by Gasteiger charge is 2.50. The van der Waals surface area contributed by atoms with E-state index >= 15 is 0 Å². The lowest BCUT2D eigenvalue weighted by Gasteiger charge is -2.24. The molecule has 1 atom stereocenters. The summed E-state index contributed by atoms with van der Waals surface area (Å²) in [5.74, 6) is -0.191. The number of fused-ring (bicyclic) bond motifs is 1. The summed E-state index contributed by atoms with van der Waals surface area (Å²) in [6, 6.07) is 7.36. The zero-order valence-electron chi connectivity index (χ0n) is 9.27. The summed E-state index contributed by atoms with van der Waals surface area (Å²) in [6.45, 7) is 2.18. The summed E-state index contributed by atoms with van der Waals surface area (Å²) >= 11 is 0. The van der Waals surface area contributed by atoms with Gasteiger partial charge < -0.3 is 9.64 Å². The molecule has 4 nitrogen and oxygen atoms in total. The Hall–Kier alpha value is -1.84. The van der Waals surface area contributed by atoms with Gasteiger partial charge in [-0.05, 0) is 12.5 Å². The van der Waals surface area contributed by atoms with Gasteiger partial charge in [-0.3, -0.25) is 9.59 Å². The molecular formula is C12H13NO3. The Kier molecular flexibility index (Phi) is 2.42. The van der Waals surface area contributed by atoms with Gasteiger partial charge in [0.25, 0.3) is 12.4 Å². The van der Waals surface area contributed by atoms with Crippen LogP contribution in [-0.2, 0) is 19.9 Å². The molecule has 0 fully saturated rings. The third-order valence-corrected chi connectivity index (χ3v) is 3.10. The first kappa shape index (κ1) is 10.7. The van der Waals surface area contributed by atoms with Crippen molar-refractivity contribution >= 4 is 18.1 Å². The van der Waals surface area contributed by atoms with Gasteiger partial charge >= 0.3 is 0 Å². The van der Waals surface area contributed by atoms with Crippen LogP contribution in [0.1, 0.15) is 18.9 Å². The molecular weight excluding hydrogens is 206 g/mol. The topological polar surface area (TPSA) is 46.6 Å². The van der Waals surface area contributed by atoms with E-state index in [4.69, 9.17) is 4.74 Å². The molecule has 0 unspecified atom stereocenters. The van der Waals surface area contributed by atoms with Gasteiger partial charge in [0.05, 0.1) is 5.69 Å². The van der Waals surface area contributed by atoms with Crippen LogP contribution in [0, 0.1) is 0 Å². The van der Waals surface area contributed by atoms with Crippen molar-refractivity contribution in [1.29, 1.82) is 0 Å². The Labute approximate surface area is 93.8 Å². The van der Waals surface area contributed by atoms with Gasteiger partial charge in [-0.15, -0.1) is 0 Å². The van der Waals surface area contributed by atoms with Crippen LogP contribution >= 0.6 is 0 Å². The largest absolute Gasteiger partial charge is 0.446 e. The molecule has 0 saturated carbocycles. The number of hydrogen-bond acceptors (Lipinski definition) is 3. The fourth-order valence-corrected chi connectivity index (χ4v) is 2.22. The van der Waals surface area contributed by atoms with Crippen LogP contribution in [0.4, 0.5) is 5.69 Å². The van der Waals surface area contributed by atoms with E-state index in [-0.39, 0.29) is 5.91 Å². The third-order valence-electron chi connectivity index (χ3n) is 3.10. The van der Waals surface area contributed by atoms with Gasteiger partial charge in [0, 0.05) is 12.6 Å². The van der Waals surface area contributed by atoms with Crippen molar-refractivity contribution in [3.8, 4) is 0 Å². The van der Waals surface area contributed by atoms with E-state index in [1.165, 1.54) is 4.90 Å². The molecule has 0 saturated heterocycles. The number of carbonyl (C=O) groups excluding carboxylic acids is 2. The molecule has 1 aromatic carbocycles. The van der Waals surface area contributed by atoms with Crippen molar-refractivity contribution in [2.24, 2.45) is 0 Å². The van der Waals surface area contributed by atoms with Crippen LogP contribution in [-0.4, -0.2) is 19.4 Å². The fraction of sp³-hybridized carbons (Fsp3) is 0.333. The number of benzene rings is 1. The highest BCUT2D eigenvalue weighted by molar-refractivity contribution is 6.07. The standard InChI is InChI=1S/C12H13NO3/c1-3-12(16-8-14)9-6-4-5-7-10(9)13(2)11(12)15/h4-8H,3H2,1-2H3/t12-/m0/s1. The average molecular weight is 219 g/mol. The minimum Gasteiger partial charge on any atom is -0.446 e. The van der Waals surface area contributed by atoms with Crippen LogP contribution in [0.5, 0.6) is 0 Å². The molecule has 0 N–H and O–H groups in total. The summed E-state index contributed by atoms with van der Waals surface area (Å²) in [5, 5.41) is 0. The van der Waals surface area contributed by atoms with Gasteiger partial charge in [-0.2, -0.15) is 0 Å². The van der Waals surface area contributed by atoms with Crippen molar-refractivity contribution in [3.63, 3.8) is 0 Å². The number of ether oxygens (including phenoxy) is 1. The number of likely N-dealkylation sites (N-methyl/N-ethyl adjacent to an activating group) is 1. The summed E-state index contributed by atoms with van der Waals surface area (Å²) in [7, 11) is 1.69. The first-order chi connectivity index (χ1) is 7.67. The number of carbonyl (C=O) groups is 2. The zero-order chi connectivity index (χ0) is 11.8. The summed E-state index contributed by atoms with van der Waals surface area (Å²) in [4.78, 5) is 24.3. The first-order valence-corrected chi connectivity index (χ1v) is 5.16. The molecule has 4 heteroatoms. The van der Waals surface area contributed by atoms with E-state index in [1.54, 1.807) is 7.05 Å². The number of anilines is 1. The quantitative estimate of drug-likeness (QED) is 0.723. The Balaban J connectivity index is 2.63. The van der Waals surface area contributed by atoms with Gasteiger partial charge in [-0.25, -0.2) is 0 Å². The number of rotatable bonds is 3. The smallest absolute Gasteiger partial charge is 0.294 e. The van der Waals surface area contributed by atoms with Crippen molar-refractivity contribution in [3.05, 3.63) is 29.8 Å². The highest BCUT2D eigenvalue weighted by Crippen LogP contribution is 2.43. The molecule has 16 heavy (non-hydrogen) atoms. The SMILES string of the molecule is CC[C@@]1(OC=O)C(=O)N(C)c2ccccc21. The first-order valence-electron chi connectivity index (χ1n) is 5.16. The average Bonchev–Trinajstić information content (AvgIpc) is 2.53. The molecule has 1 heterocycles. The van der Waals surface area contributed by atoms with E-state index in [9.17, 15) is 9.59 Å². The van der Waals surface area contributed by atoms with Crippen LogP contribution in [0.15, 0.2) is 24.3 Å². The molecule has 1 aliphatic heterocycles. The van der Waals surface area contributed by atoms with Crippen LogP contribution in [0.3, 0.4) is 0 Å². The molecule has 0 spiro atoms. The lowest BCUT2D eigenvalue weighted by molar-refractivity contribution is -0.156. The minimum absolute atomic E-state index is 0.191. The van der Waals surface area contributed by atoms with Gasteiger partial charge in [-0.1, -0.05) is 25.1 Å². The normalized spacial score (nSPS) is 23.1. The number of amides is 1. The summed E-state index contributed by atoms with van der Waals surface area (Å²) < 4.78 is 5.08. The van der Waals surface area contributed by atoms with E-state index in [0.717, 1.165) is 11.3 Å². The van der Waals surface area contributed by atoms with Crippen molar-refractivity contribution in [2.45, 2.75) is 18.9 Å². The second-order valence-corrected chi connectivity index (χ2v) is 3.78. The molecule has 0 aliphatic carbocycles. The number of nitrogens with zero attached hydrogens (tertiary/aromatic N) is 1. The van der Waals surface area contributed by atoms with E-state index < -0.39 is 5.60 Å². The number of para-hydroxylation sites is 1. The second kappa shape index (κ2) is 3.63. The maximum Gasteiger partial charge on any atom is 0.294 e. The van der Waals surface area contributed by atoms with Gasteiger partial charge in [0.2, 0.25) is 5.60 Å². The predicted octanol–water partition coefficient (Wildman–Crippen LogP) is 1.44. The Morgan fingerprint density at radius 2 is 2.12 bits per heavy atom. The zero-order valence-corrected chi connectivity index (χ0v) is 9.27. The van der Waals surface area contributed by atoms with Crippen LogP contribution < -0.4 is 4.90 Å². The third kappa shape index (κ3) is 1.16. The molecule has 0 bridgehead atoms. The minimum atomic E-state index is -1.13. The second-order valence-electron chi connectivity index (χ2n) is 3.78. The van der Waals surface area contributed by atoms with Gasteiger partial charge in [0.15, 0.2) is 0 Å². The predicted molar refractivity (Wildman–Crippen MR) is 59.0 cm³/mol. The van der Waals surface area contributed by atoms with Crippen molar-refractivity contribution < 1.29 is 14.3 Å². The molecule has 1 aromatic rings. The highest BCUT2D eigenvalue weighted by atomic mass is 16.5.